The minimum Gasteiger partial charge on any atom is -0.397 e. The molecule has 0 fully saturated rings. The van der Waals surface area contributed by atoms with Gasteiger partial charge in [-0.3, -0.25) is 4.79 Å². The number of nitrogen functional groups attached to an aromatic ring is 1. The lowest BCUT2D eigenvalue weighted by Crippen LogP contribution is -2.33. The molecule has 3 rings (SSSR count). The minimum atomic E-state index is -4.40. The molecule has 3 aromatic rings. The average Bonchev–Trinajstić information content (AvgIpc) is 3.16. The van der Waals surface area contributed by atoms with E-state index in [-0.39, 0.29) is 5.91 Å². The number of nitrogens with two attached hydrogens (primary N) is 1. The van der Waals surface area contributed by atoms with Crippen LogP contribution in [0.1, 0.15) is 29.8 Å². The number of thiophene rings is 1. The summed E-state index contributed by atoms with van der Waals surface area (Å²) in [5.41, 5.74) is 8.04. The Kier molecular flexibility index (Phi) is 5.93. The van der Waals surface area contributed by atoms with Crippen LogP contribution < -0.4 is 16.1 Å². The summed E-state index contributed by atoms with van der Waals surface area (Å²) in [7, 11) is -4.40. The van der Waals surface area contributed by atoms with E-state index in [9.17, 15) is 9.36 Å². The minimum absolute atomic E-state index is 0.327. The van der Waals surface area contributed by atoms with E-state index in [1.165, 1.54) is 0 Å². The van der Waals surface area contributed by atoms with Crippen LogP contribution in [-0.4, -0.2) is 15.7 Å². The van der Waals surface area contributed by atoms with E-state index in [0.29, 0.717) is 22.5 Å². The van der Waals surface area contributed by atoms with Crippen LogP contribution in [0.4, 0.5) is 11.4 Å². The molecule has 1 aromatic heterocycles. The Morgan fingerprint density at radius 1 is 1.10 bits per heavy atom. The van der Waals surface area contributed by atoms with E-state index >= 15 is 0 Å². The zero-order chi connectivity index (χ0) is 21.2. The topological polar surface area (TPSA) is 125 Å². The third kappa shape index (κ3) is 5.32. The number of anilines is 2. The highest BCUT2D eigenvalue weighted by molar-refractivity contribution is 7.49. The maximum Gasteiger partial charge on any atom is 0.401 e. The van der Waals surface area contributed by atoms with Crippen molar-refractivity contribution >= 4 is 36.4 Å². The van der Waals surface area contributed by atoms with E-state index < -0.39 is 13.3 Å². The van der Waals surface area contributed by atoms with Gasteiger partial charge in [-0.2, -0.15) is 0 Å². The lowest BCUT2D eigenvalue weighted by atomic mass is 9.94. The number of carbonyl (C=O) groups excluding carboxylic acids is 1. The molecule has 0 bridgehead atoms. The van der Waals surface area contributed by atoms with E-state index in [4.69, 9.17) is 15.5 Å². The molecule has 6 N–H and O–H groups in total. The van der Waals surface area contributed by atoms with E-state index in [1.807, 2.05) is 29.6 Å². The van der Waals surface area contributed by atoms with Gasteiger partial charge < -0.3 is 20.8 Å². The van der Waals surface area contributed by atoms with Crippen molar-refractivity contribution in [3.05, 3.63) is 71.1 Å². The van der Waals surface area contributed by atoms with Crippen LogP contribution in [0.25, 0.3) is 10.4 Å². The summed E-state index contributed by atoms with van der Waals surface area (Å²) in [6.45, 7) is 3.30. The molecule has 29 heavy (non-hydrogen) atoms. The van der Waals surface area contributed by atoms with Crippen LogP contribution in [-0.2, 0) is 10.1 Å². The first-order chi connectivity index (χ1) is 13.5. The third-order valence-electron chi connectivity index (χ3n) is 4.40. The van der Waals surface area contributed by atoms with Crippen LogP contribution in [0, 0.1) is 0 Å². The Balaban J connectivity index is 1.78. The van der Waals surface area contributed by atoms with Crippen molar-refractivity contribution < 1.29 is 19.1 Å². The molecule has 1 heterocycles. The zero-order valence-corrected chi connectivity index (χ0v) is 17.6. The monoisotopic (exact) mass is 431 g/mol. The molecule has 0 aliphatic carbocycles. The molecule has 0 radical (unpaired) electrons. The molecule has 0 spiro atoms. The molecule has 0 unspecified atom stereocenters. The molecule has 0 aliphatic heterocycles. The normalized spacial score (nSPS) is 12.0. The van der Waals surface area contributed by atoms with Gasteiger partial charge in [-0.25, -0.2) is 9.65 Å². The smallest absolute Gasteiger partial charge is 0.397 e. The summed E-state index contributed by atoms with van der Waals surface area (Å²) in [6, 6.07) is 16.0. The first-order valence-corrected chi connectivity index (χ1v) is 11.2. The van der Waals surface area contributed by atoms with Gasteiger partial charge in [0.2, 0.25) is 0 Å². The molecule has 7 nitrogen and oxygen atoms in total. The quantitative estimate of drug-likeness (QED) is 0.295. The first kappa shape index (κ1) is 21.2. The maximum absolute atomic E-state index is 12.6. The Bertz CT molecular complexity index is 1060. The molecule has 0 saturated heterocycles. The first-order valence-electron chi connectivity index (χ1n) is 8.75. The SMILES string of the molecule is CC(C)(NP(=O)(O)O)c1ccc(C(=O)Nc2cc(-c3cccs3)ccc2N)cc1. The fourth-order valence-electron chi connectivity index (χ4n) is 2.92. The van der Waals surface area contributed by atoms with Crippen LogP contribution in [0.15, 0.2) is 60.0 Å². The third-order valence-corrected chi connectivity index (χ3v) is 6.17. The number of amides is 1. The molecule has 9 heteroatoms. The molecule has 2 aromatic carbocycles. The number of nitrogens with one attached hydrogen (secondary N) is 2. The zero-order valence-electron chi connectivity index (χ0n) is 15.9. The summed E-state index contributed by atoms with van der Waals surface area (Å²) < 4.78 is 11.3. The lowest BCUT2D eigenvalue weighted by Gasteiger charge is -2.27. The van der Waals surface area contributed by atoms with Crippen LogP contribution >= 0.6 is 19.1 Å². The van der Waals surface area contributed by atoms with Gasteiger partial charge in [-0.05, 0) is 60.7 Å². The molecule has 1 amide bonds. The predicted molar refractivity (Wildman–Crippen MR) is 117 cm³/mol. The Labute approximate surface area is 172 Å². The van der Waals surface area contributed by atoms with Crippen molar-refractivity contribution in [2.75, 3.05) is 11.1 Å². The molecule has 0 saturated carbocycles. The van der Waals surface area contributed by atoms with Gasteiger partial charge in [-0.1, -0.05) is 24.3 Å². The molecular weight excluding hydrogens is 409 g/mol. The highest BCUT2D eigenvalue weighted by Gasteiger charge is 2.28. The van der Waals surface area contributed by atoms with Crippen molar-refractivity contribution in [2.24, 2.45) is 0 Å². The van der Waals surface area contributed by atoms with E-state index in [2.05, 4.69) is 10.4 Å². The number of carbonyl (C=O) groups is 1. The summed E-state index contributed by atoms with van der Waals surface area (Å²) >= 11 is 1.60. The van der Waals surface area contributed by atoms with Crippen LogP contribution in [0.5, 0.6) is 0 Å². The largest absolute Gasteiger partial charge is 0.401 e. The standard InChI is InChI=1S/C20H22N3O4PS/c1-20(2,23-28(25,26)27)15-8-5-13(6-9-15)19(24)22-17-12-14(7-10-16(17)21)18-4-3-11-29-18/h3-12H,21H2,1-2H3,(H,22,24)(H3,23,25,26,27). The van der Waals surface area contributed by atoms with Crippen LogP contribution in [0.2, 0.25) is 0 Å². The highest BCUT2D eigenvalue weighted by Crippen LogP contribution is 2.36. The highest BCUT2D eigenvalue weighted by atomic mass is 32.1. The average molecular weight is 431 g/mol. The molecular formula is C20H22N3O4PS. The van der Waals surface area contributed by atoms with Crippen molar-refractivity contribution in [2.45, 2.75) is 19.4 Å². The maximum atomic E-state index is 12.6. The van der Waals surface area contributed by atoms with Crippen molar-refractivity contribution in [1.29, 1.82) is 0 Å². The fourth-order valence-corrected chi connectivity index (χ4v) is 4.50. The van der Waals surface area contributed by atoms with Crippen LogP contribution in [0.3, 0.4) is 0 Å². The number of hydrogen-bond donors (Lipinski definition) is 5. The fraction of sp³-hybridized carbons (Fsp3) is 0.150. The van der Waals surface area contributed by atoms with Crippen molar-refractivity contribution in [3.63, 3.8) is 0 Å². The van der Waals surface area contributed by atoms with Gasteiger partial charge in [0.1, 0.15) is 0 Å². The summed E-state index contributed by atoms with van der Waals surface area (Å²) in [5.74, 6) is -0.327. The van der Waals surface area contributed by atoms with Gasteiger partial charge >= 0.3 is 7.75 Å². The predicted octanol–water partition coefficient (Wildman–Crippen LogP) is 4.17. The van der Waals surface area contributed by atoms with Crippen molar-refractivity contribution in [3.8, 4) is 10.4 Å². The summed E-state index contributed by atoms with van der Waals surface area (Å²) in [4.78, 5) is 32.0. The summed E-state index contributed by atoms with van der Waals surface area (Å²) in [5, 5.41) is 7.08. The second-order valence-corrected chi connectivity index (χ2v) is 9.35. The van der Waals surface area contributed by atoms with E-state index in [0.717, 1.165) is 10.4 Å². The second-order valence-electron chi connectivity index (χ2n) is 7.09. The Hall–Kier alpha value is -2.48. The second kappa shape index (κ2) is 8.10. The Morgan fingerprint density at radius 3 is 2.38 bits per heavy atom. The lowest BCUT2D eigenvalue weighted by molar-refractivity contribution is 0.102. The molecule has 0 atom stereocenters. The van der Waals surface area contributed by atoms with E-state index in [1.54, 1.807) is 55.5 Å². The Morgan fingerprint density at radius 2 is 1.79 bits per heavy atom. The number of benzene rings is 2. The number of rotatable bonds is 6. The van der Waals surface area contributed by atoms with Gasteiger partial charge in [-0.15, -0.1) is 11.3 Å². The molecule has 0 aliphatic rings. The van der Waals surface area contributed by atoms with Crippen molar-refractivity contribution in [1.82, 2.24) is 5.09 Å². The van der Waals surface area contributed by atoms with Gasteiger partial charge in [0.15, 0.2) is 0 Å². The van der Waals surface area contributed by atoms with Gasteiger partial charge in [0.25, 0.3) is 5.91 Å². The summed E-state index contributed by atoms with van der Waals surface area (Å²) in [6.07, 6.45) is 0. The van der Waals surface area contributed by atoms with Gasteiger partial charge in [0.05, 0.1) is 11.4 Å². The van der Waals surface area contributed by atoms with Gasteiger partial charge in [0, 0.05) is 16.0 Å². The number of hydrogen-bond acceptors (Lipinski definition) is 4. The molecule has 152 valence electrons.